The lowest BCUT2D eigenvalue weighted by molar-refractivity contribution is 0.281. The normalized spacial score (nSPS) is 10.2. The number of aliphatic hydroxyl groups excluding tert-OH is 1. The lowest BCUT2D eigenvalue weighted by Crippen LogP contribution is -1.85. The van der Waals surface area contributed by atoms with Gasteiger partial charge < -0.3 is 9.66 Å². The SMILES string of the molecule is C.Cc1ccc(CCl)cn1.Cc1ccc(CO)cn1.O=S([O-])Cl.[2HH]. The van der Waals surface area contributed by atoms with Crippen LogP contribution in [0.25, 0.3) is 0 Å². The number of pyridine rings is 2. The number of aliphatic hydroxyl groups is 1. The Morgan fingerprint density at radius 3 is 1.78 bits per heavy atom. The van der Waals surface area contributed by atoms with Crippen molar-refractivity contribution in [2.75, 3.05) is 0 Å². The highest BCUT2D eigenvalue weighted by atomic mass is 35.7. The van der Waals surface area contributed by atoms with Gasteiger partial charge in [-0.25, -0.2) is 0 Å². The Morgan fingerprint density at radius 2 is 1.52 bits per heavy atom. The van der Waals surface area contributed by atoms with Crippen LogP contribution in [0.5, 0.6) is 0 Å². The van der Waals surface area contributed by atoms with Crippen LogP contribution in [0.1, 0.15) is 31.4 Å². The molecule has 0 aliphatic rings. The minimum atomic E-state index is -2.39. The molecule has 0 spiro atoms. The molecule has 0 fully saturated rings. The minimum absolute atomic E-state index is 0. The molecule has 0 amide bonds. The Hall–Kier alpha value is -1.05. The minimum Gasteiger partial charge on any atom is -0.760 e. The van der Waals surface area contributed by atoms with E-state index in [0.717, 1.165) is 22.5 Å². The fraction of sp³-hybridized carbons (Fsp3) is 0.333. The first-order valence-electron chi connectivity index (χ1n) is 6.14. The second-order valence-corrected chi connectivity index (χ2v) is 5.51. The van der Waals surface area contributed by atoms with Crippen molar-refractivity contribution in [3.63, 3.8) is 0 Å². The van der Waals surface area contributed by atoms with E-state index >= 15 is 0 Å². The van der Waals surface area contributed by atoms with Gasteiger partial charge in [-0.15, -0.1) is 11.6 Å². The number of nitrogens with zero attached hydrogens (tertiary/aromatic N) is 2. The van der Waals surface area contributed by atoms with Crippen LogP contribution in [-0.2, 0) is 22.8 Å². The van der Waals surface area contributed by atoms with Crippen molar-refractivity contribution in [2.45, 2.75) is 33.8 Å². The van der Waals surface area contributed by atoms with Crippen molar-refractivity contribution < 1.29 is 15.3 Å². The van der Waals surface area contributed by atoms with E-state index in [-0.39, 0.29) is 15.5 Å². The average Bonchev–Trinajstić information content (AvgIpc) is 2.49. The first kappa shape index (κ1) is 24.2. The van der Waals surface area contributed by atoms with Gasteiger partial charge in [0.2, 0.25) is 0 Å². The van der Waals surface area contributed by atoms with Gasteiger partial charge >= 0.3 is 0 Å². The fourth-order valence-electron chi connectivity index (χ4n) is 1.17. The lowest BCUT2D eigenvalue weighted by Gasteiger charge is -1.93. The number of hydrogen-bond donors (Lipinski definition) is 1. The highest BCUT2D eigenvalue weighted by Crippen LogP contribution is 2.01. The lowest BCUT2D eigenvalue weighted by atomic mass is 10.3. The molecule has 0 aliphatic carbocycles. The number of alkyl halides is 1. The molecule has 2 rings (SSSR count). The topological polar surface area (TPSA) is 86.1 Å². The first-order valence-corrected chi connectivity index (χ1v) is 8.58. The van der Waals surface area contributed by atoms with Gasteiger partial charge in [0.1, 0.15) is 0 Å². The van der Waals surface area contributed by atoms with Gasteiger partial charge in [-0.2, -0.15) is 0 Å². The molecule has 132 valence electrons. The molecule has 2 heterocycles. The zero-order valence-corrected chi connectivity index (χ0v) is 14.5. The summed E-state index contributed by atoms with van der Waals surface area (Å²) in [6, 6.07) is 7.68. The molecule has 8 heteroatoms. The van der Waals surface area contributed by atoms with Gasteiger partial charge in [0.05, 0.1) is 6.61 Å². The molecule has 0 saturated heterocycles. The number of rotatable bonds is 2. The van der Waals surface area contributed by atoms with E-state index in [2.05, 4.69) is 20.7 Å². The molecule has 0 aliphatic heterocycles. The smallest absolute Gasteiger partial charge is 0.0696 e. The highest BCUT2D eigenvalue weighted by Gasteiger charge is 1.88. The number of aromatic nitrogens is 2. The molecule has 1 atom stereocenters. The first-order chi connectivity index (χ1) is 10.4. The van der Waals surface area contributed by atoms with Crippen LogP contribution in [0, 0.1) is 13.8 Å². The monoisotopic (exact) mass is 382 g/mol. The standard InChI is InChI=1S/C7H8ClN.C7H9NO.CH4.ClHO2S.H2/c1-6-2-3-7(4-8)5-9-6;1-6-2-3-7(5-9)4-8-6;;1-4(2)3;/h2-3,5H,4H2,1H3;2-4,9H,5H2,1H3;1H4;(H,2,3);1H/p-1/i;;;;1+1. The summed E-state index contributed by atoms with van der Waals surface area (Å²) in [6.45, 7) is 3.95. The van der Waals surface area contributed by atoms with E-state index in [1.165, 1.54) is 0 Å². The molecular weight excluding hydrogens is 359 g/mol. The van der Waals surface area contributed by atoms with Gasteiger partial charge in [-0.1, -0.05) is 19.6 Å². The Morgan fingerprint density at radius 1 is 1.13 bits per heavy atom. The zero-order valence-electron chi connectivity index (χ0n) is 12.2. The highest BCUT2D eigenvalue weighted by molar-refractivity contribution is 8.03. The molecule has 0 aromatic carbocycles. The van der Waals surface area contributed by atoms with Crippen molar-refractivity contribution in [3.8, 4) is 0 Å². The zero-order chi connectivity index (χ0) is 17.0. The molecule has 0 bridgehead atoms. The predicted octanol–water partition coefficient (Wildman–Crippen LogP) is 3.91. The van der Waals surface area contributed by atoms with Crippen molar-refractivity contribution in [3.05, 3.63) is 59.2 Å². The summed E-state index contributed by atoms with van der Waals surface area (Å²) in [5.74, 6) is 0.549. The van der Waals surface area contributed by atoms with Crippen molar-refractivity contribution in [1.29, 1.82) is 0 Å². The molecule has 1 N–H and O–H groups in total. The summed E-state index contributed by atoms with van der Waals surface area (Å²) in [4.78, 5) is 8.06. The van der Waals surface area contributed by atoms with E-state index in [9.17, 15) is 0 Å². The third-order valence-corrected chi connectivity index (χ3v) is 2.59. The third-order valence-electron chi connectivity index (χ3n) is 2.28. The molecule has 5 nitrogen and oxygen atoms in total. The average molecular weight is 383 g/mol. The summed E-state index contributed by atoms with van der Waals surface area (Å²) in [5, 5.41) is 8.59. The predicted molar refractivity (Wildman–Crippen MR) is 97.0 cm³/mol. The van der Waals surface area contributed by atoms with Crippen LogP contribution < -0.4 is 0 Å². The molecular formula is C15H23Cl2N2O3S-. The Labute approximate surface area is 151 Å². The maximum atomic E-state index is 8.77. The summed E-state index contributed by atoms with van der Waals surface area (Å²) in [6.07, 6.45) is 3.47. The van der Waals surface area contributed by atoms with Gasteiger partial charge in [0, 0.05) is 41.4 Å². The number of halogens is 2. The van der Waals surface area contributed by atoms with Crippen LogP contribution >= 0.6 is 22.3 Å². The van der Waals surface area contributed by atoms with Gasteiger partial charge in [-0.3, -0.25) is 14.2 Å². The molecule has 1 unspecified atom stereocenters. The summed E-state index contributed by atoms with van der Waals surface area (Å²) in [5.41, 5.74) is 3.94. The van der Waals surface area contributed by atoms with Gasteiger partial charge in [0.15, 0.2) is 0 Å². The molecule has 0 radical (unpaired) electrons. The van der Waals surface area contributed by atoms with Crippen LogP contribution in [0.3, 0.4) is 0 Å². The van der Waals surface area contributed by atoms with Gasteiger partial charge in [-0.05, 0) is 47.8 Å². The largest absolute Gasteiger partial charge is 0.760 e. The summed E-state index contributed by atoms with van der Waals surface area (Å²) >= 11 is 5.54. The molecule has 0 saturated carbocycles. The number of aryl methyl sites for hydroxylation is 2. The Balaban J connectivity index is -0.000000283. The van der Waals surface area contributed by atoms with Crippen LogP contribution in [0.4, 0.5) is 0 Å². The van der Waals surface area contributed by atoms with Crippen molar-refractivity contribution >= 4 is 32.6 Å². The Kier molecular flexibility index (Phi) is 15.3. The molecule has 23 heavy (non-hydrogen) atoms. The van der Waals surface area contributed by atoms with E-state index in [4.69, 9.17) is 25.5 Å². The van der Waals surface area contributed by atoms with E-state index < -0.39 is 10.3 Å². The third kappa shape index (κ3) is 14.3. The van der Waals surface area contributed by atoms with Crippen molar-refractivity contribution in [1.82, 2.24) is 9.97 Å². The van der Waals surface area contributed by atoms with E-state index in [0.29, 0.717) is 5.88 Å². The molecule has 2 aromatic heterocycles. The van der Waals surface area contributed by atoms with Crippen LogP contribution in [0.15, 0.2) is 36.7 Å². The fourth-order valence-corrected chi connectivity index (χ4v) is 1.33. The van der Waals surface area contributed by atoms with Crippen molar-refractivity contribution in [2.24, 2.45) is 0 Å². The maximum absolute atomic E-state index is 8.77. The second kappa shape index (κ2) is 14.5. The van der Waals surface area contributed by atoms with E-state index in [1.807, 2.05) is 38.1 Å². The maximum Gasteiger partial charge on any atom is 0.0696 e. The second-order valence-electron chi connectivity index (χ2n) is 4.10. The number of hydrogen-bond acceptors (Lipinski definition) is 5. The van der Waals surface area contributed by atoms with Crippen LogP contribution in [-0.4, -0.2) is 23.8 Å². The van der Waals surface area contributed by atoms with Crippen LogP contribution in [0.2, 0.25) is 0 Å². The summed E-state index contributed by atoms with van der Waals surface area (Å²) in [7, 11) is 1.80. The van der Waals surface area contributed by atoms with E-state index in [1.54, 1.807) is 12.4 Å². The quantitative estimate of drug-likeness (QED) is 0.483. The molecule has 2 aromatic rings. The van der Waals surface area contributed by atoms with Gasteiger partial charge in [0.25, 0.3) is 0 Å². The Bertz CT molecular complexity index is 508. The summed E-state index contributed by atoms with van der Waals surface area (Å²) < 4.78 is 17.5.